The first-order chi connectivity index (χ1) is 18.3. The van der Waals surface area contributed by atoms with Gasteiger partial charge in [-0.2, -0.15) is 31.4 Å². The Balaban J connectivity index is 1.58. The molecule has 13 heteroatoms. The summed E-state index contributed by atoms with van der Waals surface area (Å²) >= 11 is 0. The fourth-order valence-corrected chi connectivity index (χ4v) is 4.87. The van der Waals surface area contributed by atoms with Crippen molar-refractivity contribution in [1.82, 2.24) is 20.1 Å². The molecular weight excluding hydrogens is 530 g/mol. The van der Waals surface area contributed by atoms with Crippen LogP contribution in [-0.2, 0) is 34.0 Å². The molecule has 0 bridgehead atoms. The molecule has 0 unspecified atom stereocenters. The molecule has 3 atom stereocenters. The third kappa shape index (κ3) is 6.36. The van der Waals surface area contributed by atoms with Crippen molar-refractivity contribution in [2.24, 2.45) is 0 Å². The number of alkyl halides is 6. The lowest BCUT2D eigenvalue weighted by Gasteiger charge is -2.42. The van der Waals surface area contributed by atoms with Crippen LogP contribution < -0.4 is 11.0 Å². The first kappa shape index (κ1) is 28.8. The molecule has 7 nitrogen and oxygen atoms in total. The van der Waals surface area contributed by atoms with Crippen molar-refractivity contribution in [3.05, 3.63) is 87.1 Å². The number of nitrogens with one attached hydrogen (secondary N) is 2. The van der Waals surface area contributed by atoms with E-state index in [1.165, 1.54) is 18.6 Å². The van der Waals surface area contributed by atoms with E-state index in [1.54, 1.807) is 0 Å². The Hall–Kier alpha value is -3.16. The van der Waals surface area contributed by atoms with E-state index < -0.39 is 35.1 Å². The highest BCUT2D eigenvalue weighted by molar-refractivity contribution is 5.35. The van der Waals surface area contributed by atoms with Crippen molar-refractivity contribution in [2.45, 2.75) is 56.4 Å². The van der Waals surface area contributed by atoms with Gasteiger partial charge >= 0.3 is 18.0 Å². The van der Waals surface area contributed by atoms with E-state index in [1.807, 2.05) is 30.3 Å². The van der Waals surface area contributed by atoms with Gasteiger partial charge in [-0.05, 0) is 49.1 Å². The first-order valence-corrected chi connectivity index (χ1v) is 12.2. The van der Waals surface area contributed by atoms with Crippen LogP contribution in [0.5, 0.6) is 0 Å². The summed E-state index contributed by atoms with van der Waals surface area (Å²) in [6, 6.07) is 10.4. The Morgan fingerprint density at radius 3 is 2.26 bits per heavy atom. The summed E-state index contributed by atoms with van der Waals surface area (Å²) in [5.74, 6) is 0.441. The minimum absolute atomic E-state index is 0.0340. The summed E-state index contributed by atoms with van der Waals surface area (Å²) in [5, 5.41) is 9.86. The number of ether oxygens (including phenoxy) is 2. The fourth-order valence-electron chi connectivity index (χ4n) is 4.87. The smallest absolute Gasteiger partial charge is 0.377 e. The second kappa shape index (κ2) is 11.1. The van der Waals surface area contributed by atoms with Gasteiger partial charge in [-0.25, -0.2) is 9.89 Å². The normalized spacial score (nSPS) is 21.2. The number of aromatic nitrogens is 3. The predicted molar refractivity (Wildman–Crippen MR) is 129 cm³/mol. The molecule has 2 N–H and O–H groups in total. The van der Waals surface area contributed by atoms with Gasteiger partial charge in [-0.15, -0.1) is 0 Å². The molecule has 0 saturated carbocycles. The molecule has 1 aliphatic heterocycles. The van der Waals surface area contributed by atoms with Gasteiger partial charge in [0.2, 0.25) is 0 Å². The first-order valence-electron chi connectivity index (χ1n) is 12.2. The SMILES string of the molecule is COCc1n[nH]c(=O)n1[C@@H]1CC[C@@](CO[C@H](C)c2cc(C(F)(F)F)cc(C(F)(F)F)c2)(c2ccccc2)NC1. The van der Waals surface area contributed by atoms with Gasteiger partial charge in [-0.3, -0.25) is 4.57 Å². The summed E-state index contributed by atoms with van der Waals surface area (Å²) in [6.45, 7) is 1.86. The highest BCUT2D eigenvalue weighted by atomic mass is 19.4. The van der Waals surface area contributed by atoms with E-state index in [-0.39, 0.29) is 36.6 Å². The molecule has 1 saturated heterocycles. The number of halogens is 6. The van der Waals surface area contributed by atoms with Crippen molar-refractivity contribution in [3.63, 3.8) is 0 Å². The van der Waals surface area contributed by atoms with Crippen molar-refractivity contribution >= 4 is 0 Å². The van der Waals surface area contributed by atoms with E-state index in [4.69, 9.17) is 9.47 Å². The number of nitrogens with zero attached hydrogens (tertiary/aromatic N) is 2. The Morgan fingerprint density at radius 1 is 1.08 bits per heavy atom. The lowest BCUT2D eigenvalue weighted by Crippen LogP contribution is -2.53. The summed E-state index contributed by atoms with van der Waals surface area (Å²) in [5.41, 5.74) is -3.35. The van der Waals surface area contributed by atoms with Crippen molar-refractivity contribution in [1.29, 1.82) is 0 Å². The number of benzene rings is 2. The maximum atomic E-state index is 13.4. The highest BCUT2D eigenvalue weighted by Crippen LogP contribution is 2.39. The summed E-state index contributed by atoms with van der Waals surface area (Å²) in [4.78, 5) is 12.4. The molecule has 4 rings (SSSR count). The zero-order chi connectivity index (χ0) is 28.4. The Labute approximate surface area is 220 Å². The van der Waals surface area contributed by atoms with E-state index in [2.05, 4.69) is 15.5 Å². The molecule has 212 valence electrons. The second-order valence-electron chi connectivity index (χ2n) is 9.56. The molecular formula is C26H28F6N4O3. The average Bonchev–Trinajstić information content (AvgIpc) is 3.26. The van der Waals surface area contributed by atoms with Crippen molar-refractivity contribution in [2.75, 3.05) is 20.3 Å². The molecule has 1 aliphatic rings. The highest BCUT2D eigenvalue weighted by Gasteiger charge is 2.40. The van der Waals surface area contributed by atoms with Crippen LogP contribution in [0.1, 0.15) is 60.0 Å². The Bertz CT molecular complexity index is 1280. The van der Waals surface area contributed by atoms with Gasteiger partial charge < -0.3 is 14.8 Å². The lowest BCUT2D eigenvalue weighted by molar-refractivity contribution is -0.143. The number of hydrogen-bond donors (Lipinski definition) is 2. The molecule has 1 aromatic heterocycles. The number of aromatic amines is 1. The second-order valence-corrected chi connectivity index (χ2v) is 9.56. The zero-order valence-electron chi connectivity index (χ0n) is 21.2. The van der Waals surface area contributed by atoms with Crippen LogP contribution in [0.4, 0.5) is 26.3 Å². The average molecular weight is 559 g/mol. The van der Waals surface area contributed by atoms with Crippen LogP contribution in [0.25, 0.3) is 0 Å². The quantitative estimate of drug-likeness (QED) is 0.365. The molecule has 2 aromatic carbocycles. The van der Waals surface area contributed by atoms with E-state index in [9.17, 15) is 31.1 Å². The van der Waals surface area contributed by atoms with Gasteiger partial charge in [0.15, 0.2) is 5.82 Å². The largest absolute Gasteiger partial charge is 0.416 e. The number of hydrogen-bond acceptors (Lipinski definition) is 5. The van der Waals surface area contributed by atoms with E-state index in [0.717, 1.165) is 5.56 Å². The van der Waals surface area contributed by atoms with Crippen molar-refractivity contribution < 1.29 is 35.8 Å². The molecule has 3 aromatic rings. The number of methoxy groups -OCH3 is 1. The van der Waals surface area contributed by atoms with E-state index in [0.29, 0.717) is 37.3 Å². The zero-order valence-corrected chi connectivity index (χ0v) is 21.2. The summed E-state index contributed by atoms with van der Waals surface area (Å²) in [6.07, 6.45) is -9.98. The van der Waals surface area contributed by atoms with Crippen LogP contribution in [0.3, 0.4) is 0 Å². The van der Waals surface area contributed by atoms with Crippen LogP contribution in [-0.4, -0.2) is 35.0 Å². The number of piperidine rings is 1. The monoisotopic (exact) mass is 558 g/mol. The number of H-pyrrole nitrogens is 1. The van der Waals surface area contributed by atoms with Gasteiger partial charge in [0, 0.05) is 13.7 Å². The standard InChI is InChI=1S/C26H28F6N4O3/c1-16(17-10-19(25(27,28)29)12-20(11-17)26(30,31)32)39-15-24(18-6-4-3-5-7-18)9-8-21(13-33-24)36-22(14-38-2)34-35-23(36)37/h3-7,10-12,16,21,33H,8-9,13-15H2,1-2H3,(H,35,37)/t16-,21-,24-/m1/s1. The predicted octanol–water partition coefficient (Wildman–Crippen LogP) is 5.35. The molecule has 1 fully saturated rings. The number of rotatable bonds is 8. The Morgan fingerprint density at radius 2 is 1.72 bits per heavy atom. The summed E-state index contributed by atoms with van der Waals surface area (Å²) in [7, 11) is 1.49. The van der Waals surface area contributed by atoms with Gasteiger partial charge in [0.25, 0.3) is 0 Å². The molecule has 39 heavy (non-hydrogen) atoms. The molecule has 0 spiro atoms. The van der Waals surface area contributed by atoms with Gasteiger partial charge in [-0.1, -0.05) is 30.3 Å². The lowest BCUT2D eigenvalue weighted by atomic mass is 9.81. The maximum Gasteiger partial charge on any atom is 0.416 e. The molecule has 0 radical (unpaired) electrons. The van der Waals surface area contributed by atoms with Crippen LogP contribution >= 0.6 is 0 Å². The van der Waals surface area contributed by atoms with Crippen LogP contribution in [0, 0.1) is 0 Å². The van der Waals surface area contributed by atoms with Gasteiger partial charge in [0.1, 0.15) is 6.61 Å². The fraction of sp³-hybridized carbons (Fsp3) is 0.462. The third-order valence-corrected chi connectivity index (χ3v) is 6.98. The summed E-state index contributed by atoms with van der Waals surface area (Å²) < 4.78 is 92.8. The van der Waals surface area contributed by atoms with Crippen molar-refractivity contribution in [3.8, 4) is 0 Å². The van der Waals surface area contributed by atoms with Crippen LogP contribution in [0.15, 0.2) is 53.3 Å². The Kier molecular flexibility index (Phi) is 8.24. The van der Waals surface area contributed by atoms with Crippen LogP contribution in [0.2, 0.25) is 0 Å². The molecule has 0 amide bonds. The molecule has 0 aliphatic carbocycles. The molecule has 2 heterocycles. The maximum absolute atomic E-state index is 13.4. The minimum Gasteiger partial charge on any atom is -0.377 e. The van der Waals surface area contributed by atoms with Gasteiger partial charge in [0.05, 0.1) is 35.4 Å². The topological polar surface area (TPSA) is 81.2 Å². The third-order valence-electron chi connectivity index (χ3n) is 6.98. The minimum atomic E-state index is -4.95. The van der Waals surface area contributed by atoms with E-state index >= 15 is 0 Å².